The average molecular weight is 369 g/mol. The molecular weight excluding hydrogens is 357 g/mol. The van der Waals surface area contributed by atoms with E-state index in [0.717, 1.165) is 12.1 Å². The summed E-state index contributed by atoms with van der Waals surface area (Å²) in [6.45, 7) is 1.56. The zero-order valence-corrected chi connectivity index (χ0v) is 12.4. The molecule has 21 heavy (non-hydrogen) atoms. The molecule has 1 atom stereocenters. The van der Waals surface area contributed by atoms with Crippen LogP contribution in [0.25, 0.3) is 0 Å². The van der Waals surface area contributed by atoms with Gasteiger partial charge in [0.2, 0.25) is 0 Å². The second-order valence-electron chi connectivity index (χ2n) is 4.09. The van der Waals surface area contributed by atoms with Gasteiger partial charge >= 0.3 is 18.2 Å². The Kier molecular flexibility index (Phi) is 5.59. The third kappa shape index (κ3) is 4.92. The van der Waals surface area contributed by atoms with Gasteiger partial charge in [-0.25, -0.2) is 9.59 Å². The number of halogens is 4. The van der Waals surface area contributed by atoms with Gasteiger partial charge in [0.05, 0.1) is 5.56 Å². The van der Waals surface area contributed by atoms with Crippen LogP contribution in [0, 0.1) is 0 Å². The molecule has 116 valence electrons. The summed E-state index contributed by atoms with van der Waals surface area (Å²) in [5, 5.41) is 13.1. The number of amides is 2. The van der Waals surface area contributed by atoms with Gasteiger partial charge in [-0.1, -0.05) is 22.9 Å². The summed E-state index contributed by atoms with van der Waals surface area (Å²) >= 11 is 2.78. The van der Waals surface area contributed by atoms with Gasteiger partial charge < -0.3 is 15.7 Å². The van der Waals surface area contributed by atoms with E-state index < -0.39 is 29.8 Å². The largest absolute Gasteiger partial charge is 0.480 e. The number of rotatable bonds is 4. The smallest absolute Gasteiger partial charge is 0.417 e. The number of hydrogen-bond donors (Lipinski definition) is 3. The van der Waals surface area contributed by atoms with Crippen molar-refractivity contribution in [3.8, 4) is 0 Å². The predicted octanol–water partition coefficient (Wildman–Crippen LogP) is 3.45. The molecule has 3 N–H and O–H groups in total. The molecule has 1 aromatic carbocycles. The molecule has 9 heteroatoms. The van der Waals surface area contributed by atoms with Crippen LogP contribution < -0.4 is 10.6 Å². The Morgan fingerprint density at radius 1 is 1.38 bits per heavy atom. The third-order valence-electron chi connectivity index (χ3n) is 2.54. The molecule has 0 saturated heterocycles. The van der Waals surface area contributed by atoms with E-state index in [2.05, 4.69) is 26.6 Å². The number of nitrogens with one attached hydrogen (secondary N) is 2. The van der Waals surface area contributed by atoms with Crippen LogP contribution >= 0.6 is 15.9 Å². The molecule has 0 aliphatic rings. The Bertz CT molecular complexity index is 549. The van der Waals surface area contributed by atoms with Crippen LogP contribution in [0.2, 0.25) is 0 Å². The molecule has 0 radical (unpaired) electrons. The number of aliphatic carboxylic acids is 1. The minimum atomic E-state index is -4.57. The molecule has 5 nitrogen and oxygen atoms in total. The van der Waals surface area contributed by atoms with Gasteiger partial charge in [-0.05, 0) is 24.6 Å². The number of carboxylic acid groups (broad SMARTS) is 1. The predicted molar refractivity (Wildman–Crippen MR) is 73.0 cm³/mol. The quantitative estimate of drug-likeness (QED) is 0.761. The van der Waals surface area contributed by atoms with Crippen molar-refractivity contribution in [3.05, 3.63) is 28.2 Å². The second kappa shape index (κ2) is 6.79. The number of urea groups is 1. The number of carbonyl (C=O) groups is 2. The molecular formula is C12H12BrF3N2O3. The lowest BCUT2D eigenvalue weighted by atomic mass is 10.2. The molecule has 0 aromatic heterocycles. The van der Waals surface area contributed by atoms with Gasteiger partial charge in [0, 0.05) is 10.2 Å². The van der Waals surface area contributed by atoms with E-state index in [1.54, 1.807) is 6.92 Å². The first-order chi connectivity index (χ1) is 9.65. The maximum atomic E-state index is 12.7. The number of alkyl halides is 3. The van der Waals surface area contributed by atoms with Crippen LogP contribution in [-0.2, 0) is 11.0 Å². The lowest BCUT2D eigenvalue weighted by molar-refractivity contribution is -0.139. The Labute approximate surface area is 126 Å². The molecule has 0 aliphatic heterocycles. The fourth-order valence-electron chi connectivity index (χ4n) is 1.48. The van der Waals surface area contributed by atoms with E-state index in [1.165, 1.54) is 6.07 Å². The highest BCUT2D eigenvalue weighted by Gasteiger charge is 2.33. The van der Waals surface area contributed by atoms with E-state index in [4.69, 9.17) is 5.11 Å². The van der Waals surface area contributed by atoms with Gasteiger partial charge in [0.1, 0.15) is 6.04 Å². The number of hydrogen-bond acceptors (Lipinski definition) is 2. The SMILES string of the molecule is CC[C@H](NC(=O)Nc1ccc(Br)c(C(F)(F)F)c1)C(=O)O. The van der Waals surface area contributed by atoms with E-state index in [0.29, 0.717) is 0 Å². The lowest BCUT2D eigenvalue weighted by Crippen LogP contribution is -2.42. The number of anilines is 1. The van der Waals surface area contributed by atoms with Crippen LogP contribution in [0.15, 0.2) is 22.7 Å². The lowest BCUT2D eigenvalue weighted by Gasteiger charge is -2.15. The molecule has 1 aromatic rings. The van der Waals surface area contributed by atoms with Crippen LogP contribution in [-0.4, -0.2) is 23.1 Å². The summed E-state index contributed by atoms with van der Waals surface area (Å²) in [5.41, 5.74) is -1.03. The average Bonchev–Trinajstić information content (AvgIpc) is 2.36. The highest BCUT2D eigenvalue weighted by molar-refractivity contribution is 9.10. The molecule has 0 bridgehead atoms. The molecule has 0 heterocycles. The molecule has 0 fully saturated rings. The Balaban J connectivity index is 2.84. The first-order valence-corrected chi connectivity index (χ1v) is 6.61. The molecule has 0 saturated carbocycles. The fourth-order valence-corrected chi connectivity index (χ4v) is 1.96. The van der Waals surface area contributed by atoms with Gasteiger partial charge in [-0.2, -0.15) is 13.2 Å². The van der Waals surface area contributed by atoms with Gasteiger partial charge in [-0.15, -0.1) is 0 Å². The normalized spacial score (nSPS) is 12.6. The van der Waals surface area contributed by atoms with Crippen molar-refractivity contribution in [2.24, 2.45) is 0 Å². The number of carboxylic acids is 1. The summed E-state index contributed by atoms with van der Waals surface area (Å²) in [5.74, 6) is -1.22. The highest BCUT2D eigenvalue weighted by Crippen LogP contribution is 2.36. The van der Waals surface area contributed by atoms with Crippen LogP contribution in [0.4, 0.5) is 23.7 Å². The van der Waals surface area contributed by atoms with Crippen molar-refractivity contribution in [3.63, 3.8) is 0 Å². The van der Waals surface area contributed by atoms with Crippen LogP contribution in [0.1, 0.15) is 18.9 Å². The first-order valence-electron chi connectivity index (χ1n) is 5.82. The van der Waals surface area contributed by atoms with Crippen molar-refractivity contribution in [1.29, 1.82) is 0 Å². The van der Waals surface area contributed by atoms with E-state index in [1.807, 2.05) is 0 Å². The van der Waals surface area contributed by atoms with Crippen LogP contribution in [0.3, 0.4) is 0 Å². The standard InChI is InChI=1S/C12H12BrF3N2O3/c1-2-9(10(19)20)18-11(21)17-6-3-4-8(13)7(5-6)12(14,15)16/h3-5,9H,2H2,1H3,(H,19,20)(H2,17,18,21)/t9-/m0/s1. The van der Waals surface area contributed by atoms with E-state index >= 15 is 0 Å². The number of carbonyl (C=O) groups excluding carboxylic acids is 1. The summed E-state index contributed by atoms with van der Waals surface area (Å²) in [6, 6.07) is 1.17. The van der Waals surface area contributed by atoms with Gasteiger partial charge in [0.25, 0.3) is 0 Å². The maximum Gasteiger partial charge on any atom is 0.417 e. The first kappa shape index (κ1) is 17.3. The van der Waals surface area contributed by atoms with Crippen molar-refractivity contribution in [1.82, 2.24) is 5.32 Å². The zero-order valence-electron chi connectivity index (χ0n) is 10.8. The van der Waals surface area contributed by atoms with Crippen molar-refractivity contribution >= 4 is 33.6 Å². The Morgan fingerprint density at radius 3 is 2.48 bits per heavy atom. The van der Waals surface area contributed by atoms with Crippen LogP contribution in [0.5, 0.6) is 0 Å². The summed E-state index contributed by atoms with van der Waals surface area (Å²) in [7, 11) is 0. The molecule has 0 unspecified atom stereocenters. The van der Waals surface area contributed by atoms with Crippen molar-refractivity contribution < 1.29 is 27.9 Å². The molecule has 0 spiro atoms. The zero-order chi connectivity index (χ0) is 16.2. The summed E-state index contributed by atoms with van der Waals surface area (Å²) < 4.78 is 37.9. The number of benzene rings is 1. The summed E-state index contributed by atoms with van der Waals surface area (Å²) in [4.78, 5) is 22.3. The molecule has 1 rings (SSSR count). The summed E-state index contributed by atoms with van der Waals surface area (Å²) in [6.07, 6.45) is -4.42. The van der Waals surface area contributed by atoms with E-state index in [-0.39, 0.29) is 16.6 Å². The Morgan fingerprint density at radius 2 is 2.00 bits per heavy atom. The van der Waals surface area contributed by atoms with E-state index in [9.17, 15) is 22.8 Å². The van der Waals surface area contributed by atoms with Crippen molar-refractivity contribution in [2.45, 2.75) is 25.6 Å². The third-order valence-corrected chi connectivity index (χ3v) is 3.23. The Hall–Kier alpha value is -1.77. The van der Waals surface area contributed by atoms with Gasteiger partial charge in [-0.3, -0.25) is 0 Å². The maximum absolute atomic E-state index is 12.7. The van der Waals surface area contributed by atoms with Gasteiger partial charge in [0.15, 0.2) is 0 Å². The molecule has 2 amide bonds. The monoisotopic (exact) mass is 368 g/mol. The minimum Gasteiger partial charge on any atom is -0.480 e. The topological polar surface area (TPSA) is 78.4 Å². The second-order valence-corrected chi connectivity index (χ2v) is 4.94. The fraction of sp³-hybridized carbons (Fsp3) is 0.333. The highest BCUT2D eigenvalue weighted by atomic mass is 79.9. The minimum absolute atomic E-state index is 0.0942. The molecule has 0 aliphatic carbocycles. The van der Waals surface area contributed by atoms with Crippen molar-refractivity contribution in [2.75, 3.05) is 5.32 Å².